The number of rotatable bonds is 4. The number of benzene rings is 2. The highest BCUT2D eigenvalue weighted by Gasteiger charge is 2.17. The van der Waals surface area contributed by atoms with Gasteiger partial charge in [0.1, 0.15) is 11.5 Å². The number of hydrogen-bond acceptors (Lipinski definition) is 3. The van der Waals surface area contributed by atoms with Gasteiger partial charge in [0.2, 0.25) is 6.70 Å². The molecule has 0 atom stereocenters. The lowest BCUT2D eigenvalue weighted by molar-refractivity contribution is 0.415. The molecule has 4 heteroatoms. The van der Waals surface area contributed by atoms with Crippen LogP contribution in [0.1, 0.15) is 0 Å². The van der Waals surface area contributed by atoms with Gasteiger partial charge in [-0.3, -0.25) is 0 Å². The van der Waals surface area contributed by atoms with Crippen LogP contribution >= 0.6 is 6.70 Å². The van der Waals surface area contributed by atoms with E-state index in [0.29, 0.717) is 0 Å². The number of methoxy groups -OCH3 is 2. The second-order valence-electron chi connectivity index (χ2n) is 3.69. The number of ether oxygens (including phenoxy) is 2. The molecule has 0 saturated carbocycles. The van der Waals surface area contributed by atoms with Crippen LogP contribution in [-0.2, 0) is 11.8 Å². The fraction of sp³-hybridized carbons (Fsp3) is 0.143. The van der Waals surface area contributed by atoms with Crippen LogP contribution in [0.3, 0.4) is 0 Å². The summed E-state index contributed by atoms with van der Waals surface area (Å²) in [6, 6.07) is 15.9. The Morgan fingerprint density at radius 1 is 0.722 bits per heavy atom. The summed E-state index contributed by atoms with van der Waals surface area (Å²) in [5.74, 6) is 1.71. The molecule has 0 aliphatic rings. The molecule has 0 fully saturated rings. The van der Waals surface area contributed by atoms with Crippen LogP contribution in [-0.4, -0.2) is 14.2 Å². The Morgan fingerprint density at radius 2 is 1.06 bits per heavy atom. The zero-order valence-electron chi connectivity index (χ0n) is 10.3. The first-order chi connectivity index (χ1) is 8.74. The van der Waals surface area contributed by atoms with Gasteiger partial charge >= 0.3 is 0 Å². The van der Waals surface area contributed by atoms with Crippen molar-refractivity contribution >= 4 is 29.1 Å². The lowest BCUT2D eigenvalue weighted by atomic mass is 10.3. The lowest BCUT2D eigenvalue weighted by Crippen LogP contribution is -2.05. The topological polar surface area (TPSA) is 18.5 Å². The SMILES string of the molecule is COc1ccc([P+](=S)c2ccc(OC)cc2)cc1. The van der Waals surface area contributed by atoms with E-state index in [1.807, 2.05) is 48.5 Å². The molecule has 0 spiro atoms. The monoisotopic (exact) mass is 277 g/mol. The van der Waals surface area contributed by atoms with Gasteiger partial charge in [0, 0.05) is 0 Å². The predicted octanol–water partition coefficient (Wildman–Crippen LogP) is 2.60. The fourth-order valence-corrected chi connectivity index (χ4v) is 3.45. The van der Waals surface area contributed by atoms with Gasteiger partial charge in [-0.1, -0.05) is 0 Å². The summed E-state index contributed by atoms with van der Waals surface area (Å²) in [7, 11) is 3.32. The highest BCUT2D eigenvalue weighted by Crippen LogP contribution is 2.22. The first-order valence-electron chi connectivity index (χ1n) is 5.50. The number of hydrogen-bond donors (Lipinski definition) is 0. The van der Waals surface area contributed by atoms with Gasteiger partial charge in [-0.15, -0.1) is 0 Å². The third kappa shape index (κ3) is 2.87. The van der Waals surface area contributed by atoms with E-state index in [9.17, 15) is 0 Å². The van der Waals surface area contributed by atoms with Crippen LogP contribution < -0.4 is 20.1 Å². The Hall–Kier alpha value is -1.44. The van der Waals surface area contributed by atoms with Crippen molar-refractivity contribution in [2.45, 2.75) is 0 Å². The maximum absolute atomic E-state index is 5.61. The third-order valence-electron chi connectivity index (χ3n) is 2.61. The molecule has 0 unspecified atom stereocenters. The fourth-order valence-electron chi connectivity index (χ4n) is 1.58. The van der Waals surface area contributed by atoms with E-state index in [4.69, 9.17) is 21.3 Å². The van der Waals surface area contributed by atoms with Gasteiger partial charge in [-0.2, -0.15) is 0 Å². The Morgan fingerprint density at radius 3 is 1.33 bits per heavy atom. The minimum Gasteiger partial charge on any atom is -0.497 e. The van der Waals surface area contributed by atoms with E-state index in [1.54, 1.807) is 14.2 Å². The third-order valence-corrected chi connectivity index (χ3v) is 5.41. The molecule has 2 aromatic rings. The summed E-state index contributed by atoms with van der Waals surface area (Å²) in [5, 5.41) is 2.32. The first kappa shape index (κ1) is 13.0. The highest BCUT2D eigenvalue weighted by molar-refractivity contribution is 8.12. The molecule has 0 heterocycles. The van der Waals surface area contributed by atoms with Gasteiger partial charge in [0.05, 0.1) is 14.2 Å². The maximum atomic E-state index is 5.61. The minimum atomic E-state index is -0.733. The molecule has 18 heavy (non-hydrogen) atoms. The van der Waals surface area contributed by atoms with Crippen LogP contribution in [0.25, 0.3) is 0 Å². The zero-order valence-corrected chi connectivity index (χ0v) is 12.0. The average Bonchev–Trinajstić information content (AvgIpc) is 2.47. The standard InChI is InChI=1S/C14H14O2PS/c1-15-11-3-7-13(8-4-11)17(18)14-9-5-12(16-2)6-10-14/h3-10H,1-2H3/q+1. The van der Waals surface area contributed by atoms with Crippen molar-refractivity contribution in [3.8, 4) is 11.5 Å². The van der Waals surface area contributed by atoms with Crippen molar-refractivity contribution in [2.24, 2.45) is 0 Å². The smallest absolute Gasteiger partial charge is 0.250 e. The molecule has 0 aliphatic heterocycles. The zero-order chi connectivity index (χ0) is 13.0. The van der Waals surface area contributed by atoms with Crippen LogP contribution in [0.15, 0.2) is 48.5 Å². The molecule has 0 aromatic heterocycles. The summed E-state index contributed by atoms with van der Waals surface area (Å²) < 4.78 is 10.3. The Labute approximate surface area is 113 Å². The van der Waals surface area contributed by atoms with Crippen molar-refractivity contribution in [2.75, 3.05) is 14.2 Å². The van der Waals surface area contributed by atoms with Crippen molar-refractivity contribution in [1.29, 1.82) is 0 Å². The molecule has 92 valence electrons. The Kier molecular flexibility index (Phi) is 4.29. The van der Waals surface area contributed by atoms with Gasteiger partial charge in [0.15, 0.2) is 22.4 Å². The van der Waals surface area contributed by atoms with E-state index in [2.05, 4.69) is 0 Å². The largest absolute Gasteiger partial charge is 0.497 e. The summed E-state index contributed by atoms with van der Waals surface area (Å²) >= 11 is 5.61. The predicted molar refractivity (Wildman–Crippen MR) is 79.5 cm³/mol. The van der Waals surface area contributed by atoms with E-state index in [1.165, 1.54) is 0 Å². The summed E-state index contributed by atoms with van der Waals surface area (Å²) in [5.41, 5.74) is 0. The summed E-state index contributed by atoms with van der Waals surface area (Å²) in [4.78, 5) is 0. The Balaban J connectivity index is 2.23. The van der Waals surface area contributed by atoms with Crippen molar-refractivity contribution in [3.63, 3.8) is 0 Å². The van der Waals surface area contributed by atoms with Gasteiger partial charge in [-0.25, -0.2) is 0 Å². The van der Waals surface area contributed by atoms with Crippen LogP contribution in [0.4, 0.5) is 0 Å². The molecular formula is C14H14O2PS+. The lowest BCUT2D eigenvalue weighted by Gasteiger charge is -1.99. The van der Waals surface area contributed by atoms with E-state index < -0.39 is 6.70 Å². The Bertz CT molecular complexity index is 485. The highest BCUT2D eigenvalue weighted by atomic mass is 32.4. The molecule has 2 aromatic carbocycles. The van der Waals surface area contributed by atoms with Crippen LogP contribution in [0, 0.1) is 0 Å². The molecule has 0 radical (unpaired) electrons. The first-order valence-corrected chi connectivity index (χ1v) is 7.85. The van der Waals surface area contributed by atoms with Crippen LogP contribution in [0.2, 0.25) is 0 Å². The molecule has 2 nitrogen and oxygen atoms in total. The summed E-state index contributed by atoms with van der Waals surface area (Å²) in [6.45, 7) is -0.733. The molecular weight excluding hydrogens is 263 g/mol. The molecule has 2 rings (SSSR count). The van der Waals surface area contributed by atoms with Crippen molar-refractivity contribution in [3.05, 3.63) is 48.5 Å². The van der Waals surface area contributed by atoms with E-state index in [0.717, 1.165) is 22.1 Å². The van der Waals surface area contributed by atoms with Crippen LogP contribution in [0.5, 0.6) is 11.5 Å². The second kappa shape index (κ2) is 5.94. The molecule has 0 N–H and O–H groups in total. The maximum Gasteiger partial charge on any atom is 0.250 e. The average molecular weight is 277 g/mol. The molecule has 0 amide bonds. The van der Waals surface area contributed by atoms with E-state index in [-0.39, 0.29) is 0 Å². The van der Waals surface area contributed by atoms with Crippen molar-refractivity contribution < 1.29 is 9.47 Å². The van der Waals surface area contributed by atoms with Gasteiger partial charge in [0.25, 0.3) is 0 Å². The normalized spacial score (nSPS) is 9.89. The molecule has 0 saturated heterocycles. The van der Waals surface area contributed by atoms with Gasteiger partial charge < -0.3 is 9.47 Å². The van der Waals surface area contributed by atoms with E-state index >= 15 is 0 Å². The molecule has 0 bridgehead atoms. The quantitative estimate of drug-likeness (QED) is 0.800. The van der Waals surface area contributed by atoms with Crippen molar-refractivity contribution in [1.82, 2.24) is 0 Å². The molecule has 0 aliphatic carbocycles. The summed E-state index contributed by atoms with van der Waals surface area (Å²) in [6.07, 6.45) is 0. The second-order valence-corrected chi connectivity index (χ2v) is 6.41. The van der Waals surface area contributed by atoms with Gasteiger partial charge in [-0.05, 0) is 48.5 Å². The minimum absolute atomic E-state index is 0.733.